The molecule has 0 unspecified atom stereocenters. The van der Waals surface area contributed by atoms with E-state index in [0.29, 0.717) is 11.3 Å². The maximum atomic E-state index is 11.8. The Labute approximate surface area is 114 Å². The largest absolute Gasteiger partial charge is 0.465 e. The number of thiazole rings is 1. The Hall–Kier alpha value is -2.21. The van der Waals surface area contributed by atoms with Gasteiger partial charge in [-0.25, -0.2) is 9.78 Å². The number of carbonyl (C=O) groups excluding carboxylic acids is 2. The average molecular weight is 276 g/mol. The molecule has 2 rings (SSSR count). The number of esters is 1. The summed E-state index contributed by atoms with van der Waals surface area (Å²) in [5.41, 5.74) is 3.37. The van der Waals surface area contributed by atoms with Gasteiger partial charge in [-0.15, -0.1) is 11.3 Å². The summed E-state index contributed by atoms with van der Waals surface area (Å²) in [7, 11) is 1.32. The Kier molecular flexibility index (Phi) is 4.25. The highest BCUT2D eigenvalue weighted by Gasteiger charge is 2.08. The number of benzene rings is 1. The standard InChI is InChI=1S/C13H12N2O3S/c1-18-13(17)9-3-2-4-10(5-9)15-12(16)6-11-7-19-8-14-11/h2-5,7-8H,6H2,1H3,(H,15,16). The Morgan fingerprint density at radius 3 is 2.95 bits per heavy atom. The summed E-state index contributed by atoms with van der Waals surface area (Å²) < 4.78 is 4.62. The molecule has 1 heterocycles. The summed E-state index contributed by atoms with van der Waals surface area (Å²) in [6, 6.07) is 6.60. The molecule has 0 radical (unpaired) electrons. The Morgan fingerprint density at radius 1 is 1.42 bits per heavy atom. The van der Waals surface area contributed by atoms with Gasteiger partial charge in [-0.3, -0.25) is 4.79 Å². The Morgan fingerprint density at radius 2 is 2.26 bits per heavy atom. The van der Waals surface area contributed by atoms with Crippen LogP contribution in [0.15, 0.2) is 35.2 Å². The lowest BCUT2D eigenvalue weighted by molar-refractivity contribution is -0.115. The van der Waals surface area contributed by atoms with Crippen molar-refractivity contribution in [1.29, 1.82) is 0 Å². The molecule has 0 bridgehead atoms. The molecule has 1 aromatic carbocycles. The van der Waals surface area contributed by atoms with Crippen molar-refractivity contribution < 1.29 is 14.3 Å². The van der Waals surface area contributed by atoms with E-state index in [-0.39, 0.29) is 12.3 Å². The first-order valence-electron chi connectivity index (χ1n) is 5.54. The number of hydrogen-bond acceptors (Lipinski definition) is 5. The number of nitrogens with one attached hydrogen (secondary N) is 1. The summed E-state index contributed by atoms with van der Waals surface area (Å²) in [5, 5.41) is 4.54. The number of nitrogens with zero attached hydrogens (tertiary/aromatic N) is 1. The van der Waals surface area contributed by atoms with Crippen LogP contribution in [0.2, 0.25) is 0 Å². The van der Waals surface area contributed by atoms with Crippen LogP contribution in [0.25, 0.3) is 0 Å². The van der Waals surface area contributed by atoms with E-state index in [2.05, 4.69) is 15.0 Å². The van der Waals surface area contributed by atoms with Crippen LogP contribution in [0.5, 0.6) is 0 Å². The van der Waals surface area contributed by atoms with E-state index >= 15 is 0 Å². The van der Waals surface area contributed by atoms with E-state index < -0.39 is 5.97 Å². The van der Waals surface area contributed by atoms with Gasteiger partial charge in [0.15, 0.2) is 0 Å². The second-order valence-electron chi connectivity index (χ2n) is 3.78. The quantitative estimate of drug-likeness (QED) is 0.868. The Bertz CT molecular complexity index is 581. The van der Waals surface area contributed by atoms with E-state index in [1.807, 2.05) is 5.38 Å². The fraction of sp³-hybridized carbons (Fsp3) is 0.154. The minimum Gasteiger partial charge on any atom is -0.465 e. The molecular formula is C13H12N2O3S. The van der Waals surface area contributed by atoms with Crippen molar-refractivity contribution in [3.8, 4) is 0 Å². The van der Waals surface area contributed by atoms with Crippen LogP contribution in [-0.4, -0.2) is 24.0 Å². The van der Waals surface area contributed by atoms with E-state index in [1.165, 1.54) is 18.4 Å². The van der Waals surface area contributed by atoms with Crippen LogP contribution in [0.3, 0.4) is 0 Å². The van der Waals surface area contributed by atoms with Crippen LogP contribution in [0, 0.1) is 0 Å². The van der Waals surface area contributed by atoms with Crippen LogP contribution in [-0.2, 0) is 16.0 Å². The number of methoxy groups -OCH3 is 1. The lowest BCUT2D eigenvalue weighted by Gasteiger charge is -2.05. The highest BCUT2D eigenvalue weighted by Crippen LogP contribution is 2.12. The monoisotopic (exact) mass is 276 g/mol. The molecule has 0 saturated carbocycles. The van der Waals surface area contributed by atoms with Crippen molar-refractivity contribution in [2.24, 2.45) is 0 Å². The lowest BCUT2D eigenvalue weighted by atomic mass is 10.2. The number of ether oxygens (including phenoxy) is 1. The first-order valence-corrected chi connectivity index (χ1v) is 6.48. The first kappa shape index (κ1) is 13.2. The molecule has 98 valence electrons. The van der Waals surface area contributed by atoms with Crippen molar-refractivity contribution in [3.05, 3.63) is 46.4 Å². The van der Waals surface area contributed by atoms with Crippen molar-refractivity contribution in [3.63, 3.8) is 0 Å². The molecule has 0 fully saturated rings. The number of hydrogen-bond donors (Lipinski definition) is 1. The molecule has 0 aliphatic rings. The highest BCUT2D eigenvalue weighted by atomic mass is 32.1. The zero-order valence-corrected chi connectivity index (χ0v) is 11.1. The van der Waals surface area contributed by atoms with Gasteiger partial charge in [0.05, 0.1) is 30.3 Å². The molecule has 0 aliphatic heterocycles. The minimum absolute atomic E-state index is 0.173. The number of rotatable bonds is 4. The van der Waals surface area contributed by atoms with Gasteiger partial charge in [-0.1, -0.05) is 6.07 Å². The molecule has 0 spiro atoms. The maximum absolute atomic E-state index is 11.8. The summed E-state index contributed by atoms with van der Waals surface area (Å²) in [6.07, 6.45) is 0.214. The van der Waals surface area contributed by atoms with Gasteiger partial charge in [0.1, 0.15) is 0 Å². The molecule has 6 heteroatoms. The molecule has 2 aromatic rings. The van der Waals surface area contributed by atoms with Crippen molar-refractivity contribution in [2.45, 2.75) is 6.42 Å². The van der Waals surface area contributed by atoms with Crippen LogP contribution >= 0.6 is 11.3 Å². The third-order valence-electron chi connectivity index (χ3n) is 2.39. The molecule has 1 aromatic heterocycles. The zero-order valence-electron chi connectivity index (χ0n) is 10.3. The van der Waals surface area contributed by atoms with Crippen LogP contribution in [0.4, 0.5) is 5.69 Å². The molecule has 0 saturated heterocycles. The van der Waals surface area contributed by atoms with Crippen LogP contribution in [0.1, 0.15) is 16.1 Å². The predicted octanol–water partition coefficient (Wildman–Crippen LogP) is 2.11. The SMILES string of the molecule is COC(=O)c1cccc(NC(=O)Cc2cscn2)c1. The minimum atomic E-state index is -0.435. The predicted molar refractivity (Wildman–Crippen MR) is 72.2 cm³/mol. The van der Waals surface area contributed by atoms with Crippen LogP contribution < -0.4 is 5.32 Å². The number of anilines is 1. The fourth-order valence-corrected chi connectivity index (χ4v) is 2.09. The first-order chi connectivity index (χ1) is 9.19. The Balaban J connectivity index is 2.02. The van der Waals surface area contributed by atoms with Gasteiger partial charge in [0.25, 0.3) is 0 Å². The van der Waals surface area contributed by atoms with Crippen molar-refractivity contribution in [1.82, 2.24) is 4.98 Å². The highest BCUT2D eigenvalue weighted by molar-refractivity contribution is 7.07. The average Bonchev–Trinajstić information content (AvgIpc) is 2.90. The van der Waals surface area contributed by atoms with Gasteiger partial charge in [-0.2, -0.15) is 0 Å². The summed E-state index contributed by atoms with van der Waals surface area (Å²) in [5.74, 6) is -0.608. The second-order valence-corrected chi connectivity index (χ2v) is 4.50. The van der Waals surface area contributed by atoms with Gasteiger partial charge >= 0.3 is 5.97 Å². The summed E-state index contributed by atoms with van der Waals surface area (Å²) in [4.78, 5) is 27.2. The van der Waals surface area contributed by atoms with E-state index in [9.17, 15) is 9.59 Å². The third kappa shape index (κ3) is 3.62. The molecular weight excluding hydrogens is 264 g/mol. The maximum Gasteiger partial charge on any atom is 0.337 e. The molecule has 0 aliphatic carbocycles. The van der Waals surface area contributed by atoms with E-state index in [4.69, 9.17) is 0 Å². The molecule has 19 heavy (non-hydrogen) atoms. The third-order valence-corrected chi connectivity index (χ3v) is 3.03. The molecule has 0 atom stereocenters. The normalized spacial score (nSPS) is 9.95. The van der Waals surface area contributed by atoms with Gasteiger partial charge in [0.2, 0.25) is 5.91 Å². The zero-order chi connectivity index (χ0) is 13.7. The molecule has 1 amide bonds. The lowest BCUT2D eigenvalue weighted by Crippen LogP contribution is -2.15. The van der Waals surface area contributed by atoms with E-state index in [0.717, 1.165) is 5.69 Å². The van der Waals surface area contributed by atoms with Crippen molar-refractivity contribution in [2.75, 3.05) is 12.4 Å². The molecule has 1 N–H and O–H groups in total. The van der Waals surface area contributed by atoms with Crippen molar-refractivity contribution >= 4 is 28.9 Å². The van der Waals surface area contributed by atoms with Gasteiger partial charge in [-0.05, 0) is 18.2 Å². The summed E-state index contributed by atoms with van der Waals surface area (Å²) >= 11 is 1.44. The fourth-order valence-electron chi connectivity index (χ4n) is 1.54. The summed E-state index contributed by atoms with van der Waals surface area (Å²) in [6.45, 7) is 0. The number of aromatic nitrogens is 1. The second kappa shape index (κ2) is 6.10. The topological polar surface area (TPSA) is 68.3 Å². The molecule has 5 nitrogen and oxygen atoms in total. The number of amides is 1. The van der Waals surface area contributed by atoms with Gasteiger partial charge in [0, 0.05) is 11.1 Å². The smallest absolute Gasteiger partial charge is 0.337 e. The van der Waals surface area contributed by atoms with E-state index in [1.54, 1.807) is 29.8 Å². The number of carbonyl (C=O) groups is 2. The van der Waals surface area contributed by atoms with Gasteiger partial charge < -0.3 is 10.1 Å².